The number of aryl methyl sites for hydroxylation is 2. The topological polar surface area (TPSA) is 73.8 Å². The highest BCUT2D eigenvalue weighted by Gasteiger charge is 2.10. The smallest absolute Gasteiger partial charge is 0.250 e. The van der Waals surface area contributed by atoms with Gasteiger partial charge in [-0.15, -0.1) is 0 Å². The first-order chi connectivity index (χ1) is 10.1. The maximum absolute atomic E-state index is 11.8. The SMILES string of the molecule is CCc1cc(=O)n(C)cc1-c1cc2ccncc2c(N)n1. The molecule has 106 valence electrons. The van der Waals surface area contributed by atoms with Gasteiger partial charge in [0.05, 0.1) is 5.69 Å². The van der Waals surface area contributed by atoms with E-state index in [1.807, 2.05) is 25.3 Å². The van der Waals surface area contributed by atoms with Gasteiger partial charge in [0, 0.05) is 42.7 Å². The highest BCUT2D eigenvalue weighted by Crippen LogP contribution is 2.27. The average Bonchev–Trinajstić information content (AvgIpc) is 2.49. The van der Waals surface area contributed by atoms with E-state index >= 15 is 0 Å². The predicted molar refractivity (Wildman–Crippen MR) is 84.0 cm³/mol. The van der Waals surface area contributed by atoms with Gasteiger partial charge in [-0.1, -0.05) is 6.92 Å². The third kappa shape index (κ3) is 2.27. The first-order valence-electron chi connectivity index (χ1n) is 6.80. The van der Waals surface area contributed by atoms with Gasteiger partial charge in [-0.2, -0.15) is 0 Å². The molecule has 0 saturated carbocycles. The van der Waals surface area contributed by atoms with Gasteiger partial charge in [-0.05, 0) is 29.5 Å². The standard InChI is InChI=1S/C16H16N4O/c1-3-10-7-15(21)20(2)9-13(10)14-6-11-4-5-18-8-12(11)16(17)19-14/h4-9H,3H2,1-2H3,(H2,17,19). The lowest BCUT2D eigenvalue weighted by atomic mass is 10.0. The van der Waals surface area contributed by atoms with Crippen LogP contribution in [0.2, 0.25) is 0 Å². The monoisotopic (exact) mass is 280 g/mol. The Morgan fingerprint density at radius 3 is 2.90 bits per heavy atom. The molecule has 0 aliphatic carbocycles. The Balaban J connectivity index is 2.30. The zero-order valence-corrected chi connectivity index (χ0v) is 12.0. The van der Waals surface area contributed by atoms with Gasteiger partial charge in [0.15, 0.2) is 0 Å². The number of nitrogens with two attached hydrogens (primary N) is 1. The van der Waals surface area contributed by atoms with E-state index in [9.17, 15) is 4.79 Å². The number of nitrogen functional groups attached to an aromatic ring is 1. The second-order valence-corrected chi connectivity index (χ2v) is 5.00. The van der Waals surface area contributed by atoms with E-state index in [0.29, 0.717) is 5.82 Å². The molecule has 0 aliphatic heterocycles. The highest BCUT2D eigenvalue weighted by atomic mass is 16.1. The van der Waals surface area contributed by atoms with Crippen molar-refractivity contribution in [3.8, 4) is 11.3 Å². The first kappa shape index (κ1) is 13.3. The summed E-state index contributed by atoms with van der Waals surface area (Å²) in [7, 11) is 1.74. The molecular weight excluding hydrogens is 264 g/mol. The maximum Gasteiger partial charge on any atom is 0.250 e. The molecule has 0 radical (unpaired) electrons. The number of hydrogen-bond acceptors (Lipinski definition) is 4. The summed E-state index contributed by atoms with van der Waals surface area (Å²) in [5, 5.41) is 1.83. The number of aromatic nitrogens is 3. The number of nitrogens with zero attached hydrogens (tertiary/aromatic N) is 3. The quantitative estimate of drug-likeness (QED) is 0.780. The Morgan fingerprint density at radius 1 is 1.33 bits per heavy atom. The van der Waals surface area contributed by atoms with Gasteiger partial charge in [-0.3, -0.25) is 9.78 Å². The third-order valence-electron chi connectivity index (χ3n) is 3.63. The summed E-state index contributed by atoms with van der Waals surface area (Å²) in [4.78, 5) is 20.3. The second-order valence-electron chi connectivity index (χ2n) is 5.00. The normalized spacial score (nSPS) is 11.0. The van der Waals surface area contributed by atoms with E-state index in [0.717, 1.165) is 34.0 Å². The predicted octanol–water partition coefficient (Wildman–Crippen LogP) is 2.14. The summed E-state index contributed by atoms with van der Waals surface area (Å²) >= 11 is 0. The van der Waals surface area contributed by atoms with Crippen LogP contribution in [0, 0.1) is 0 Å². The van der Waals surface area contributed by atoms with Gasteiger partial charge in [0.2, 0.25) is 0 Å². The molecule has 0 aliphatic rings. The highest BCUT2D eigenvalue weighted by molar-refractivity contribution is 5.93. The number of rotatable bonds is 2. The molecule has 0 spiro atoms. The lowest BCUT2D eigenvalue weighted by molar-refractivity contribution is 0.852. The molecule has 0 aromatic carbocycles. The minimum Gasteiger partial charge on any atom is -0.383 e. The maximum atomic E-state index is 11.8. The Bertz CT molecular complexity index is 883. The molecule has 0 unspecified atom stereocenters. The van der Waals surface area contributed by atoms with Gasteiger partial charge >= 0.3 is 0 Å². The fourth-order valence-electron chi connectivity index (χ4n) is 2.44. The molecule has 21 heavy (non-hydrogen) atoms. The summed E-state index contributed by atoms with van der Waals surface area (Å²) in [6, 6.07) is 5.54. The van der Waals surface area contributed by atoms with E-state index < -0.39 is 0 Å². The van der Waals surface area contributed by atoms with Crippen molar-refractivity contribution in [3.63, 3.8) is 0 Å². The van der Waals surface area contributed by atoms with Crippen LogP contribution in [0.3, 0.4) is 0 Å². The molecule has 3 aromatic heterocycles. The molecule has 2 N–H and O–H groups in total. The summed E-state index contributed by atoms with van der Waals surface area (Å²) < 4.78 is 1.56. The van der Waals surface area contributed by atoms with E-state index in [4.69, 9.17) is 5.73 Å². The largest absolute Gasteiger partial charge is 0.383 e. The van der Waals surface area contributed by atoms with Crippen molar-refractivity contribution in [2.75, 3.05) is 5.73 Å². The minimum atomic E-state index is -0.0199. The van der Waals surface area contributed by atoms with Gasteiger partial charge in [0.1, 0.15) is 5.82 Å². The molecule has 5 heteroatoms. The van der Waals surface area contributed by atoms with Crippen LogP contribution >= 0.6 is 0 Å². The zero-order valence-electron chi connectivity index (χ0n) is 12.0. The molecule has 3 aromatic rings. The number of pyridine rings is 3. The van der Waals surface area contributed by atoms with Gasteiger partial charge < -0.3 is 10.3 Å². The summed E-state index contributed by atoms with van der Waals surface area (Å²) in [6.45, 7) is 2.02. The van der Waals surface area contributed by atoms with Crippen molar-refractivity contribution in [2.24, 2.45) is 7.05 Å². The Labute approximate surface area is 122 Å². The van der Waals surface area contributed by atoms with E-state index in [1.165, 1.54) is 0 Å². The average molecular weight is 280 g/mol. The molecular formula is C16H16N4O. The molecule has 0 saturated heterocycles. The van der Waals surface area contributed by atoms with Crippen LogP contribution in [-0.2, 0) is 13.5 Å². The van der Waals surface area contributed by atoms with Crippen molar-refractivity contribution >= 4 is 16.6 Å². The van der Waals surface area contributed by atoms with Gasteiger partial charge in [0.25, 0.3) is 5.56 Å². The lowest BCUT2D eigenvalue weighted by Gasteiger charge is -2.11. The molecule has 3 rings (SSSR count). The first-order valence-corrected chi connectivity index (χ1v) is 6.80. The molecule has 0 amide bonds. The van der Waals surface area contributed by atoms with Crippen molar-refractivity contribution in [1.82, 2.24) is 14.5 Å². The number of fused-ring (bicyclic) bond motifs is 1. The minimum absolute atomic E-state index is 0.0199. The van der Waals surface area contributed by atoms with Crippen LogP contribution in [0.15, 0.2) is 41.6 Å². The molecule has 0 atom stereocenters. The van der Waals surface area contributed by atoms with Gasteiger partial charge in [-0.25, -0.2) is 4.98 Å². The Hall–Kier alpha value is -2.69. The summed E-state index contributed by atoms with van der Waals surface area (Å²) in [6.07, 6.45) is 6.02. The Kier molecular flexibility index (Phi) is 3.17. The van der Waals surface area contributed by atoms with E-state index in [1.54, 1.807) is 30.1 Å². The van der Waals surface area contributed by atoms with Crippen LogP contribution in [0.1, 0.15) is 12.5 Å². The third-order valence-corrected chi connectivity index (χ3v) is 3.63. The number of hydrogen-bond donors (Lipinski definition) is 1. The molecule has 5 nitrogen and oxygen atoms in total. The van der Waals surface area contributed by atoms with Crippen molar-refractivity contribution < 1.29 is 0 Å². The number of anilines is 1. The van der Waals surface area contributed by atoms with Crippen molar-refractivity contribution in [2.45, 2.75) is 13.3 Å². The van der Waals surface area contributed by atoms with E-state index in [2.05, 4.69) is 9.97 Å². The van der Waals surface area contributed by atoms with Crippen molar-refractivity contribution in [3.05, 3.63) is 52.7 Å². The van der Waals surface area contributed by atoms with E-state index in [-0.39, 0.29) is 5.56 Å². The molecule has 0 bridgehead atoms. The van der Waals surface area contributed by atoms with Crippen LogP contribution in [0.4, 0.5) is 5.82 Å². The fraction of sp³-hybridized carbons (Fsp3) is 0.188. The zero-order chi connectivity index (χ0) is 15.0. The molecule has 3 heterocycles. The summed E-state index contributed by atoms with van der Waals surface area (Å²) in [5.41, 5.74) is 8.70. The Morgan fingerprint density at radius 2 is 2.14 bits per heavy atom. The summed E-state index contributed by atoms with van der Waals surface area (Å²) in [5.74, 6) is 0.450. The van der Waals surface area contributed by atoms with Crippen LogP contribution < -0.4 is 11.3 Å². The fourth-order valence-corrected chi connectivity index (χ4v) is 2.44. The van der Waals surface area contributed by atoms with Crippen LogP contribution in [0.5, 0.6) is 0 Å². The second kappa shape index (κ2) is 5.01. The lowest BCUT2D eigenvalue weighted by Crippen LogP contribution is -2.16. The molecule has 0 fully saturated rings. The van der Waals surface area contributed by atoms with Crippen LogP contribution in [-0.4, -0.2) is 14.5 Å². The van der Waals surface area contributed by atoms with Crippen LogP contribution in [0.25, 0.3) is 22.0 Å². The van der Waals surface area contributed by atoms with Crippen molar-refractivity contribution in [1.29, 1.82) is 0 Å².